The lowest BCUT2D eigenvalue weighted by Gasteiger charge is -2.11. The molecule has 0 aromatic heterocycles. The van der Waals surface area contributed by atoms with Gasteiger partial charge in [0.1, 0.15) is 34.8 Å². The first kappa shape index (κ1) is 13.0. The predicted molar refractivity (Wildman–Crippen MR) is 63.5 cm³/mol. The highest BCUT2D eigenvalue weighted by Gasteiger charge is 2.12. The van der Waals surface area contributed by atoms with Gasteiger partial charge in [-0.15, -0.1) is 0 Å². The molecule has 2 rings (SSSR count). The zero-order valence-electron chi connectivity index (χ0n) is 9.73. The number of aliphatic hydroxyl groups is 1. The minimum atomic E-state index is -0.701. The molecule has 19 heavy (non-hydrogen) atoms. The van der Waals surface area contributed by atoms with Gasteiger partial charge in [0.05, 0.1) is 6.61 Å². The van der Waals surface area contributed by atoms with Crippen molar-refractivity contribution in [1.29, 1.82) is 5.26 Å². The quantitative estimate of drug-likeness (QED) is 0.923. The SMILES string of the molecule is N#Cc1c(F)cccc1Oc1ccc(F)cc1CO. The van der Waals surface area contributed by atoms with E-state index < -0.39 is 18.2 Å². The molecule has 0 aliphatic rings. The molecular formula is C14H9F2NO2. The van der Waals surface area contributed by atoms with Crippen molar-refractivity contribution in [2.45, 2.75) is 6.61 Å². The van der Waals surface area contributed by atoms with Gasteiger partial charge in [-0.1, -0.05) is 6.07 Å². The Kier molecular flexibility index (Phi) is 3.74. The third-order valence-electron chi connectivity index (χ3n) is 2.50. The highest BCUT2D eigenvalue weighted by molar-refractivity contribution is 5.47. The summed E-state index contributed by atoms with van der Waals surface area (Å²) >= 11 is 0. The molecule has 3 nitrogen and oxygen atoms in total. The molecule has 0 saturated heterocycles. The van der Waals surface area contributed by atoms with Crippen molar-refractivity contribution in [2.24, 2.45) is 0 Å². The second kappa shape index (κ2) is 5.46. The second-order valence-electron chi connectivity index (χ2n) is 3.74. The Morgan fingerprint density at radius 1 is 1.16 bits per heavy atom. The van der Waals surface area contributed by atoms with Crippen molar-refractivity contribution in [3.05, 3.63) is 59.2 Å². The lowest BCUT2D eigenvalue weighted by molar-refractivity contribution is 0.275. The summed E-state index contributed by atoms with van der Waals surface area (Å²) in [6.07, 6.45) is 0. The number of aliphatic hydroxyl groups excluding tert-OH is 1. The highest BCUT2D eigenvalue weighted by Crippen LogP contribution is 2.29. The van der Waals surface area contributed by atoms with Crippen LogP contribution in [0.3, 0.4) is 0 Å². The van der Waals surface area contributed by atoms with Crippen LogP contribution < -0.4 is 4.74 Å². The molecule has 0 spiro atoms. The smallest absolute Gasteiger partial charge is 0.148 e. The third-order valence-corrected chi connectivity index (χ3v) is 2.50. The molecule has 0 bridgehead atoms. The number of benzene rings is 2. The van der Waals surface area contributed by atoms with Gasteiger partial charge in [-0.05, 0) is 30.3 Å². The van der Waals surface area contributed by atoms with E-state index >= 15 is 0 Å². The summed E-state index contributed by atoms with van der Waals surface area (Å²) in [5.41, 5.74) is -0.0242. The summed E-state index contributed by atoms with van der Waals surface area (Å²) in [5.74, 6) is -1.03. The van der Waals surface area contributed by atoms with Crippen molar-refractivity contribution in [2.75, 3.05) is 0 Å². The van der Waals surface area contributed by atoms with Crippen LogP contribution in [0.2, 0.25) is 0 Å². The number of rotatable bonds is 3. The molecule has 1 N–H and O–H groups in total. The first-order valence-corrected chi connectivity index (χ1v) is 5.41. The first-order chi connectivity index (χ1) is 9.15. The normalized spacial score (nSPS) is 10.0. The minimum Gasteiger partial charge on any atom is -0.455 e. The Bertz CT molecular complexity index is 650. The monoisotopic (exact) mass is 261 g/mol. The molecule has 0 atom stereocenters. The molecule has 96 valence electrons. The largest absolute Gasteiger partial charge is 0.455 e. The van der Waals surface area contributed by atoms with E-state index in [9.17, 15) is 8.78 Å². The second-order valence-corrected chi connectivity index (χ2v) is 3.74. The van der Waals surface area contributed by atoms with Crippen molar-refractivity contribution >= 4 is 0 Å². The van der Waals surface area contributed by atoms with Gasteiger partial charge in [0.15, 0.2) is 0 Å². The highest BCUT2D eigenvalue weighted by atomic mass is 19.1. The predicted octanol–water partition coefficient (Wildman–Crippen LogP) is 3.12. The van der Waals surface area contributed by atoms with E-state index in [-0.39, 0.29) is 22.6 Å². The number of hydrogen-bond acceptors (Lipinski definition) is 3. The zero-order valence-corrected chi connectivity index (χ0v) is 9.73. The Hall–Kier alpha value is -2.45. The number of nitrogens with zero attached hydrogens (tertiary/aromatic N) is 1. The van der Waals surface area contributed by atoms with Crippen LogP contribution in [0.25, 0.3) is 0 Å². The van der Waals surface area contributed by atoms with Gasteiger partial charge < -0.3 is 9.84 Å². The van der Waals surface area contributed by atoms with Crippen LogP contribution >= 0.6 is 0 Å². The van der Waals surface area contributed by atoms with Gasteiger partial charge in [-0.2, -0.15) is 5.26 Å². The van der Waals surface area contributed by atoms with E-state index in [0.29, 0.717) is 0 Å². The molecule has 0 radical (unpaired) electrons. The van der Waals surface area contributed by atoms with Crippen LogP contribution in [0.5, 0.6) is 11.5 Å². The lowest BCUT2D eigenvalue weighted by atomic mass is 10.2. The van der Waals surface area contributed by atoms with Crippen molar-refractivity contribution < 1.29 is 18.6 Å². The standard InChI is InChI=1S/C14H9F2NO2/c15-10-4-5-13(9(6-10)8-18)19-14-3-1-2-12(16)11(14)7-17/h1-6,18H,8H2. The summed E-state index contributed by atoms with van der Waals surface area (Å²) in [4.78, 5) is 0. The number of nitriles is 1. The van der Waals surface area contributed by atoms with Crippen LogP contribution in [0.1, 0.15) is 11.1 Å². The van der Waals surface area contributed by atoms with Crippen LogP contribution in [-0.2, 0) is 6.61 Å². The van der Waals surface area contributed by atoms with Crippen LogP contribution in [0.15, 0.2) is 36.4 Å². The Morgan fingerprint density at radius 2 is 1.95 bits per heavy atom. The summed E-state index contributed by atoms with van der Waals surface area (Å²) in [6.45, 7) is -0.426. The molecule has 2 aromatic carbocycles. The fourth-order valence-corrected chi connectivity index (χ4v) is 1.59. The number of ether oxygens (including phenoxy) is 1. The van der Waals surface area contributed by atoms with E-state index in [2.05, 4.69) is 0 Å². The number of hydrogen-bond donors (Lipinski definition) is 1. The van der Waals surface area contributed by atoms with Crippen LogP contribution in [0.4, 0.5) is 8.78 Å². The lowest BCUT2D eigenvalue weighted by Crippen LogP contribution is -1.96. The van der Waals surface area contributed by atoms with Gasteiger partial charge in [-0.3, -0.25) is 0 Å². The van der Waals surface area contributed by atoms with Crippen LogP contribution in [-0.4, -0.2) is 5.11 Å². The molecule has 0 amide bonds. The van der Waals surface area contributed by atoms with E-state index in [4.69, 9.17) is 15.1 Å². The molecule has 0 heterocycles. The maximum atomic E-state index is 13.4. The Labute approximate surface area is 108 Å². The van der Waals surface area contributed by atoms with E-state index in [1.54, 1.807) is 6.07 Å². The summed E-state index contributed by atoms with van der Waals surface area (Å²) in [5, 5.41) is 18.0. The zero-order chi connectivity index (χ0) is 13.8. The average Bonchev–Trinajstić information content (AvgIpc) is 2.41. The van der Waals surface area contributed by atoms with E-state index in [1.165, 1.54) is 18.2 Å². The minimum absolute atomic E-state index is 0.0174. The number of halogens is 2. The van der Waals surface area contributed by atoms with Crippen LogP contribution in [0, 0.1) is 23.0 Å². The molecule has 0 aliphatic carbocycles. The van der Waals surface area contributed by atoms with Crippen molar-refractivity contribution in [3.63, 3.8) is 0 Å². The van der Waals surface area contributed by atoms with Gasteiger partial charge in [0, 0.05) is 5.56 Å². The fourth-order valence-electron chi connectivity index (χ4n) is 1.59. The Balaban J connectivity index is 2.42. The van der Waals surface area contributed by atoms with E-state index in [1.807, 2.05) is 0 Å². The maximum absolute atomic E-state index is 13.4. The molecule has 0 aliphatic heterocycles. The molecule has 0 saturated carbocycles. The van der Waals surface area contributed by atoms with Gasteiger partial charge in [-0.25, -0.2) is 8.78 Å². The summed E-state index contributed by atoms with van der Waals surface area (Å²) in [6, 6.07) is 9.23. The summed E-state index contributed by atoms with van der Waals surface area (Å²) < 4.78 is 31.8. The molecule has 2 aromatic rings. The summed E-state index contributed by atoms with van der Waals surface area (Å²) in [7, 11) is 0. The molecular weight excluding hydrogens is 252 g/mol. The van der Waals surface area contributed by atoms with Gasteiger partial charge in [0.2, 0.25) is 0 Å². The Morgan fingerprint density at radius 3 is 2.63 bits per heavy atom. The van der Waals surface area contributed by atoms with Gasteiger partial charge >= 0.3 is 0 Å². The molecule has 0 unspecified atom stereocenters. The van der Waals surface area contributed by atoms with Crippen molar-refractivity contribution in [1.82, 2.24) is 0 Å². The topological polar surface area (TPSA) is 53.2 Å². The first-order valence-electron chi connectivity index (χ1n) is 5.41. The third kappa shape index (κ3) is 2.69. The molecule has 5 heteroatoms. The maximum Gasteiger partial charge on any atom is 0.148 e. The fraction of sp³-hybridized carbons (Fsp3) is 0.0714. The molecule has 0 fully saturated rings. The van der Waals surface area contributed by atoms with E-state index in [0.717, 1.165) is 18.2 Å². The van der Waals surface area contributed by atoms with Crippen molar-refractivity contribution in [3.8, 4) is 17.6 Å². The average molecular weight is 261 g/mol. The van der Waals surface area contributed by atoms with Gasteiger partial charge in [0.25, 0.3) is 0 Å².